The van der Waals surface area contributed by atoms with Crippen LogP contribution in [0.25, 0.3) is 0 Å². The molecule has 0 aromatic carbocycles. The van der Waals surface area contributed by atoms with Gasteiger partial charge in [0, 0.05) is 19.0 Å². The molecule has 0 amide bonds. The Labute approximate surface area is 84.7 Å². The number of hydrogen-bond acceptors (Lipinski definition) is 3. The van der Waals surface area contributed by atoms with Crippen LogP contribution in [0.2, 0.25) is 0 Å². The molecule has 0 aliphatic carbocycles. The molecule has 0 fully saturated rings. The smallest absolute Gasteiger partial charge is 0.213 e. The number of sulfonamides is 1. The Bertz CT molecular complexity index is 218. The maximum Gasteiger partial charge on any atom is 0.213 e. The van der Waals surface area contributed by atoms with Crippen molar-refractivity contribution < 1.29 is 13.2 Å². The van der Waals surface area contributed by atoms with Crippen molar-refractivity contribution in [3.05, 3.63) is 0 Å². The van der Waals surface area contributed by atoms with E-state index in [2.05, 4.69) is 4.72 Å². The van der Waals surface area contributed by atoms with E-state index in [0.29, 0.717) is 13.0 Å². The van der Waals surface area contributed by atoms with Gasteiger partial charge in [-0.1, -0.05) is 6.92 Å². The lowest BCUT2D eigenvalue weighted by Crippen LogP contribution is -2.39. The van der Waals surface area contributed by atoms with Crippen LogP contribution in [0.15, 0.2) is 0 Å². The number of halogens is 1. The van der Waals surface area contributed by atoms with E-state index in [1.54, 1.807) is 7.11 Å². The van der Waals surface area contributed by atoms with Gasteiger partial charge in [-0.25, -0.2) is 13.1 Å². The van der Waals surface area contributed by atoms with Gasteiger partial charge >= 0.3 is 0 Å². The highest BCUT2D eigenvalue weighted by Gasteiger charge is 2.15. The van der Waals surface area contributed by atoms with E-state index in [9.17, 15) is 8.42 Å². The van der Waals surface area contributed by atoms with Crippen molar-refractivity contribution in [2.75, 3.05) is 25.3 Å². The third-order valence-corrected chi connectivity index (χ3v) is 3.40. The molecule has 0 rings (SSSR count). The Hall–Kier alpha value is 0.160. The van der Waals surface area contributed by atoms with E-state index < -0.39 is 10.0 Å². The molecule has 0 heterocycles. The van der Waals surface area contributed by atoms with E-state index in [1.807, 2.05) is 6.92 Å². The minimum absolute atomic E-state index is 0.0469. The van der Waals surface area contributed by atoms with Crippen LogP contribution in [0.1, 0.15) is 13.3 Å². The van der Waals surface area contributed by atoms with Crippen molar-refractivity contribution in [3.8, 4) is 0 Å². The van der Waals surface area contributed by atoms with Crippen LogP contribution in [-0.2, 0) is 14.8 Å². The summed E-state index contributed by atoms with van der Waals surface area (Å²) in [7, 11) is -1.69. The summed E-state index contributed by atoms with van der Waals surface area (Å²) in [4.78, 5) is 0. The van der Waals surface area contributed by atoms with Crippen LogP contribution in [0, 0.1) is 0 Å². The van der Waals surface area contributed by atoms with Crippen molar-refractivity contribution in [1.82, 2.24) is 4.72 Å². The Balaban J connectivity index is 4.06. The van der Waals surface area contributed by atoms with E-state index in [0.717, 1.165) is 0 Å². The largest absolute Gasteiger partial charge is 0.383 e. The Morgan fingerprint density at radius 1 is 1.54 bits per heavy atom. The SMILES string of the molecule is CCC(COC)NS(=O)(=O)CCCl. The number of rotatable bonds is 7. The molecule has 80 valence electrons. The predicted molar refractivity (Wildman–Crippen MR) is 53.6 cm³/mol. The number of ether oxygens (including phenoxy) is 1. The molecular formula is C7H16ClNO3S. The Morgan fingerprint density at radius 3 is 2.54 bits per heavy atom. The highest BCUT2D eigenvalue weighted by Crippen LogP contribution is 1.96. The summed E-state index contributed by atoms with van der Waals surface area (Å²) in [5.74, 6) is 0.0630. The zero-order valence-corrected chi connectivity index (χ0v) is 9.49. The molecule has 0 radical (unpaired) electrons. The number of nitrogens with one attached hydrogen (secondary N) is 1. The molecule has 1 N–H and O–H groups in total. The summed E-state index contributed by atoms with van der Waals surface area (Å²) in [6.07, 6.45) is 0.704. The molecule has 0 aliphatic rings. The second-order valence-electron chi connectivity index (χ2n) is 2.69. The summed E-state index contributed by atoms with van der Waals surface area (Å²) < 4.78 is 29.8. The van der Waals surface area contributed by atoms with Gasteiger partial charge in [-0.3, -0.25) is 0 Å². The normalized spacial score (nSPS) is 14.4. The maximum absolute atomic E-state index is 11.2. The molecule has 0 saturated heterocycles. The molecule has 0 spiro atoms. The highest BCUT2D eigenvalue weighted by atomic mass is 35.5. The van der Waals surface area contributed by atoms with Crippen molar-refractivity contribution in [1.29, 1.82) is 0 Å². The van der Waals surface area contributed by atoms with Gasteiger partial charge in [0.05, 0.1) is 12.4 Å². The fraction of sp³-hybridized carbons (Fsp3) is 1.00. The molecule has 0 saturated carbocycles. The van der Waals surface area contributed by atoms with E-state index in [-0.39, 0.29) is 17.7 Å². The first-order chi connectivity index (χ1) is 6.05. The van der Waals surface area contributed by atoms with Crippen LogP contribution >= 0.6 is 11.6 Å². The quantitative estimate of drug-likeness (QED) is 0.650. The van der Waals surface area contributed by atoms with Gasteiger partial charge in [0.1, 0.15) is 0 Å². The Morgan fingerprint density at radius 2 is 2.15 bits per heavy atom. The number of methoxy groups -OCH3 is 1. The van der Waals surface area contributed by atoms with Gasteiger partial charge in [0.2, 0.25) is 10.0 Å². The van der Waals surface area contributed by atoms with Crippen molar-refractivity contribution >= 4 is 21.6 Å². The van der Waals surface area contributed by atoms with Crippen molar-refractivity contribution in [2.24, 2.45) is 0 Å². The average molecular weight is 230 g/mol. The monoisotopic (exact) mass is 229 g/mol. The predicted octanol–water partition coefficient (Wildman–Crippen LogP) is 0.570. The second kappa shape index (κ2) is 6.59. The summed E-state index contributed by atoms with van der Waals surface area (Å²) >= 11 is 5.34. The van der Waals surface area contributed by atoms with Crippen LogP contribution in [-0.4, -0.2) is 39.8 Å². The van der Waals surface area contributed by atoms with Gasteiger partial charge in [-0.15, -0.1) is 11.6 Å². The highest BCUT2D eigenvalue weighted by molar-refractivity contribution is 7.89. The zero-order chi connectivity index (χ0) is 10.3. The lowest BCUT2D eigenvalue weighted by molar-refractivity contribution is 0.173. The van der Waals surface area contributed by atoms with Crippen LogP contribution < -0.4 is 4.72 Å². The Kier molecular flexibility index (Phi) is 6.67. The van der Waals surface area contributed by atoms with Gasteiger partial charge in [0.25, 0.3) is 0 Å². The molecule has 0 aromatic heterocycles. The average Bonchev–Trinajstić information content (AvgIpc) is 2.03. The lowest BCUT2D eigenvalue weighted by Gasteiger charge is -2.15. The fourth-order valence-electron chi connectivity index (χ4n) is 0.851. The topological polar surface area (TPSA) is 55.4 Å². The lowest BCUT2D eigenvalue weighted by atomic mass is 10.3. The first-order valence-electron chi connectivity index (χ1n) is 4.10. The minimum Gasteiger partial charge on any atom is -0.383 e. The van der Waals surface area contributed by atoms with Crippen LogP contribution in [0.5, 0.6) is 0 Å². The third-order valence-electron chi connectivity index (χ3n) is 1.55. The van der Waals surface area contributed by atoms with E-state index in [4.69, 9.17) is 16.3 Å². The van der Waals surface area contributed by atoms with Crippen molar-refractivity contribution in [2.45, 2.75) is 19.4 Å². The molecule has 6 heteroatoms. The van der Waals surface area contributed by atoms with E-state index in [1.165, 1.54) is 0 Å². The van der Waals surface area contributed by atoms with E-state index >= 15 is 0 Å². The third kappa shape index (κ3) is 6.26. The van der Waals surface area contributed by atoms with Crippen LogP contribution in [0.4, 0.5) is 0 Å². The first kappa shape index (κ1) is 13.2. The standard InChI is InChI=1S/C7H16ClNO3S/c1-3-7(6-12-2)9-13(10,11)5-4-8/h7,9H,3-6H2,1-2H3. The fourth-order valence-corrected chi connectivity index (χ4v) is 2.52. The van der Waals surface area contributed by atoms with Crippen LogP contribution in [0.3, 0.4) is 0 Å². The van der Waals surface area contributed by atoms with Gasteiger partial charge < -0.3 is 4.74 Å². The molecule has 0 aliphatic heterocycles. The summed E-state index contributed by atoms with van der Waals surface area (Å²) in [5, 5.41) is 0. The summed E-state index contributed by atoms with van der Waals surface area (Å²) in [6, 6.07) is -0.154. The molecule has 1 atom stereocenters. The van der Waals surface area contributed by atoms with Gasteiger partial charge in [-0.2, -0.15) is 0 Å². The molecule has 0 aromatic rings. The first-order valence-corrected chi connectivity index (χ1v) is 6.29. The molecule has 4 nitrogen and oxygen atoms in total. The minimum atomic E-state index is -3.23. The molecule has 13 heavy (non-hydrogen) atoms. The molecule has 1 unspecified atom stereocenters. The summed E-state index contributed by atoms with van der Waals surface area (Å²) in [5.41, 5.74) is 0. The molecular weight excluding hydrogens is 214 g/mol. The zero-order valence-electron chi connectivity index (χ0n) is 7.92. The molecule has 0 bridgehead atoms. The second-order valence-corrected chi connectivity index (χ2v) is 4.94. The van der Waals surface area contributed by atoms with Crippen molar-refractivity contribution in [3.63, 3.8) is 0 Å². The maximum atomic E-state index is 11.2. The van der Waals surface area contributed by atoms with Gasteiger partial charge in [-0.05, 0) is 6.42 Å². The number of hydrogen-bond donors (Lipinski definition) is 1. The van der Waals surface area contributed by atoms with Gasteiger partial charge in [0.15, 0.2) is 0 Å². The summed E-state index contributed by atoms with van der Waals surface area (Å²) in [6.45, 7) is 2.28. The number of alkyl halides is 1.